The second-order valence-electron chi connectivity index (χ2n) is 7.57. The minimum Gasteiger partial charge on any atom is -0.490 e. The van der Waals surface area contributed by atoms with E-state index < -0.39 is 11.7 Å². The lowest BCUT2D eigenvalue weighted by Gasteiger charge is -2.32. The molecule has 0 aliphatic carbocycles. The van der Waals surface area contributed by atoms with Crippen LogP contribution in [0.1, 0.15) is 40.6 Å². The predicted molar refractivity (Wildman–Crippen MR) is 118 cm³/mol. The van der Waals surface area contributed by atoms with Crippen LogP contribution in [0.4, 0.5) is 4.39 Å². The number of piperidine rings is 1. The van der Waals surface area contributed by atoms with E-state index in [-0.39, 0.29) is 23.2 Å². The topological polar surface area (TPSA) is 76.5 Å². The molecule has 32 heavy (non-hydrogen) atoms. The zero-order valence-corrected chi connectivity index (χ0v) is 17.8. The van der Waals surface area contributed by atoms with Crippen LogP contribution in [0.5, 0.6) is 5.75 Å². The van der Waals surface area contributed by atoms with Crippen LogP contribution in [0.15, 0.2) is 60.8 Å². The molecule has 7 nitrogen and oxygen atoms in total. The van der Waals surface area contributed by atoms with Crippen molar-refractivity contribution in [1.82, 2.24) is 20.0 Å². The van der Waals surface area contributed by atoms with Crippen molar-refractivity contribution in [2.75, 3.05) is 19.7 Å². The Kier molecular flexibility index (Phi) is 6.49. The van der Waals surface area contributed by atoms with E-state index in [0.717, 1.165) is 5.69 Å². The van der Waals surface area contributed by atoms with Crippen LogP contribution in [0.3, 0.4) is 0 Å². The smallest absolute Gasteiger partial charge is 0.278 e. The number of hydrogen-bond acceptors (Lipinski definition) is 4. The first kappa shape index (κ1) is 21.5. The summed E-state index contributed by atoms with van der Waals surface area (Å²) in [5.41, 5.74) is 1.13. The fraction of sp³-hybridized carbons (Fsp3) is 0.292. The molecule has 0 atom stereocenters. The van der Waals surface area contributed by atoms with Gasteiger partial charge in [0.1, 0.15) is 5.82 Å². The monoisotopic (exact) mass is 436 g/mol. The van der Waals surface area contributed by atoms with E-state index in [0.29, 0.717) is 38.3 Å². The fourth-order valence-electron chi connectivity index (χ4n) is 3.77. The molecule has 1 saturated heterocycles. The molecule has 1 aliphatic rings. The van der Waals surface area contributed by atoms with Gasteiger partial charge >= 0.3 is 0 Å². The molecule has 0 unspecified atom stereocenters. The van der Waals surface area contributed by atoms with Crippen LogP contribution >= 0.6 is 0 Å². The van der Waals surface area contributed by atoms with Crippen molar-refractivity contribution in [3.8, 4) is 11.4 Å². The van der Waals surface area contributed by atoms with Crippen molar-refractivity contribution in [2.45, 2.75) is 25.8 Å². The van der Waals surface area contributed by atoms with Crippen molar-refractivity contribution < 1.29 is 18.7 Å². The van der Waals surface area contributed by atoms with Gasteiger partial charge in [0.2, 0.25) is 0 Å². The molecule has 0 radical (unpaired) electrons. The maximum atomic E-state index is 13.8. The van der Waals surface area contributed by atoms with E-state index in [1.54, 1.807) is 27.9 Å². The van der Waals surface area contributed by atoms with Crippen LogP contribution in [-0.4, -0.2) is 52.2 Å². The molecule has 2 heterocycles. The number of carbonyl (C=O) groups excluding carboxylic acids is 2. The molecule has 4 rings (SSSR count). The van der Waals surface area contributed by atoms with Crippen molar-refractivity contribution in [3.63, 3.8) is 0 Å². The van der Waals surface area contributed by atoms with Crippen molar-refractivity contribution >= 4 is 11.8 Å². The van der Waals surface area contributed by atoms with Crippen LogP contribution in [-0.2, 0) is 0 Å². The van der Waals surface area contributed by atoms with E-state index >= 15 is 0 Å². The quantitative estimate of drug-likeness (QED) is 0.642. The highest BCUT2D eigenvalue weighted by Gasteiger charge is 2.29. The maximum Gasteiger partial charge on any atom is 0.278 e. The Morgan fingerprint density at radius 1 is 1.09 bits per heavy atom. The zero-order valence-electron chi connectivity index (χ0n) is 17.8. The summed E-state index contributed by atoms with van der Waals surface area (Å²) in [5, 5.41) is 7.35. The second kappa shape index (κ2) is 9.64. The summed E-state index contributed by atoms with van der Waals surface area (Å²) in [5.74, 6) is -0.749. The number of nitrogens with one attached hydrogen (secondary N) is 1. The van der Waals surface area contributed by atoms with Crippen molar-refractivity contribution in [1.29, 1.82) is 0 Å². The Morgan fingerprint density at radius 3 is 2.47 bits per heavy atom. The number of nitrogens with zero attached hydrogens (tertiary/aromatic N) is 3. The van der Waals surface area contributed by atoms with Crippen LogP contribution < -0.4 is 10.1 Å². The second-order valence-corrected chi connectivity index (χ2v) is 7.57. The van der Waals surface area contributed by atoms with Gasteiger partial charge in [-0.2, -0.15) is 5.10 Å². The summed E-state index contributed by atoms with van der Waals surface area (Å²) in [7, 11) is 0. The molecule has 166 valence electrons. The Morgan fingerprint density at radius 2 is 1.78 bits per heavy atom. The molecule has 1 N–H and O–H groups in total. The number of halogens is 1. The first-order valence-electron chi connectivity index (χ1n) is 10.7. The third kappa shape index (κ3) is 4.64. The molecule has 1 aliphatic heterocycles. The standard InChI is InChI=1S/C24H25FN4O3/c1-2-32-21-16-29(18-8-4-3-5-9-18)27-22(21)24(31)28-14-12-17(13-15-28)26-23(30)19-10-6-7-11-20(19)25/h3-11,16-17H,2,12-15H2,1H3,(H,26,30). The summed E-state index contributed by atoms with van der Waals surface area (Å²) in [6.45, 7) is 3.21. The van der Waals surface area contributed by atoms with E-state index in [2.05, 4.69) is 10.4 Å². The van der Waals surface area contributed by atoms with Gasteiger partial charge in [-0.05, 0) is 44.0 Å². The highest BCUT2D eigenvalue weighted by atomic mass is 19.1. The lowest BCUT2D eigenvalue weighted by molar-refractivity contribution is 0.0688. The zero-order chi connectivity index (χ0) is 22.5. The van der Waals surface area contributed by atoms with Gasteiger partial charge < -0.3 is 15.0 Å². The fourth-order valence-corrected chi connectivity index (χ4v) is 3.77. The Balaban J connectivity index is 1.41. The van der Waals surface area contributed by atoms with Crippen LogP contribution in [0.25, 0.3) is 5.69 Å². The summed E-state index contributed by atoms with van der Waals surface area (Å²) < 4.78 is 21.1. The number of rotatable bonds is 6. The molecule has 3 aromatic rings. The van der Waals surface area contributed by atoms with Gasteiger partial charge in [0.25, 0.3) is 11.8 Å². The lowest BCUT2D eigenvalue weighted by Crippen LogP contribution is -2.46. The summed E-state index contributed by atoms with van der Waals surface area (Å²) in [4.78, 5) is 27.2. The summed E-state index contributed by atoms with van der Waals surface area (Å²) in [6.07, 6.45) is 2.87. The number of carbonyl (C=O) groups is 2. The highest BCUT2D eigenvalue weighted by Crippen LogP contribution is 2.23. The molecule has 2 amide bonds. The number of amides is 2. The van der Waals surface area contributed by atoms with E-state index in [1.165, 1.54) is 12.1 Å². The van der Waals surface area contributed by atoms with Gasteiger partial charge in [-0.1, -0.05) is 30.3 Å². The van der Waals surface area contributed by atoms with Crippen LogP contribution in [0.2, 0.25) is 0 Å². The Bertz CT molecular complexity index is 1090. The molecular formula is C24H25FN4O3. The molecule has 1 aromatic heterocycles. The van der Waals surface area contributed by atoms with Gasteiger partial charge in [0.15, 0.2) is 11.4 Å². The van der Waals surface area contributed by atoms with E-state index in [4.69, 9.17) is 4.74 Å². The van der Waals surface area contributed by atoms with Crippen molar-refractivity contribution in [3.05, 3.63) is 77.9 Å². The van der Waals surface area contributed by atoms with Gasteiger partial charge in [0.05, 0.1) is 24.1 Å². The van der Waals surface area contributed by atoms with Gasteiger partial charge in [0, 0.05) is 19.1 Å². The number of aromatic nitrogens is 2. The molecule has 0 spiro atoms. The molecule has 0 saturated carbocycles. The average molecular weight is 436 g/mol. The summed E-state index contributed by atoms with van der Waals surface area (Å²) >= 11 is 0. The third-order valence-corrected chi connectivity index (χ3v) is 5.44. The van der Waals surface area contributed by atoms with Crippen LogP contribution in [0, 0.1) is 5.82 Å². The molecular weight excluding hydrogens is 411 g/mol. The van der Waals surface area contributed by atoms with Gasteiger partial charge in [-0.3, -0.25) is 9.59 Å². The van der Waals surface area contributed by atoms with E-state index in [1.807, 2.05) is 37.3 Å². The Hall–Kier alpha value is -3.68. The number of benzene rings is 2. The average Bonchev–Trinajstić information content (AvgIpc) is 3.24. The molecule has 2 aromatic carbocycles. The normalized spacial score (nSPS) is 14.2. The molecule has 8 heteroatoms. The highest BCUT2D eigenvalue weighted by molar-refractivity contribution is 5.95. The number of ether oxygens (including phenoxy) is 1. The number of likely N-dealkylation sites (tertiary alicyclic amines) is 1. The Labute approximate surface area is 185 Å². The maximum absolute atomic E-state index is 13.8. The van der Waals surface area contributed by atoms with Gasteiger partial charge in [-0.25, -0.2) is 9.07 Å². The summed E-state index contributed by atoms with van der Waals surface area (Å²) in [6, 6.07) is 15.3. The minimum atomic E-state index is -0.546. The first-order chi connectivity index (χ1) is 15.6. The number of hydrogen-bond donors (Lipinski definition) is 1. The van der Waals surface area contributed by atoms with Crippen molar-refractivity contribution in [2.24, 2.45) is 0 Å². The SMILES string of the molecule is CCOc1cn(-c2ccccc2)nc1C(=O)N1CCC(NC(=O)c2ccccc2F)CC1. The molecule has 0 bridgehead atoms. The first-order valence-corrected chi connectivity index (χ1v) is 10.7. The molecule has 1 fully saturated rings. The van der Waals surface area contributed by atoms with E-state index in [9.17, 15) is 14.0 Å². The number of para-hydroxylation sites is 1. The largest absolute Gasteiger partial charge is 0.490 e. The predicted octanol–water partition coefficient (Wildman–Crippen LogP) is 3.44. The van der Waals surface area contributed by atoms with Gasteiger partial charge in [-0.15, -0.1) is 0 Å². The minimum absolute atomic E-state index is 0.0267. The third-order valence-electron chi connectivity index (χ3n) is 5.44. The lowest BCUT2D eigenvalue weighted by atomic mass is 10.0.